The second-order valence-corrected chi connectivity index (χ2v) is 7.68. The van der Waals surface area contributed by atoms with Crippen molar-refractivity contribution in [2.75, 3.05) is 20.8 Å². The third-order valence-corrected chi connectivity index (χ3v) is 5.25. The maximum absolute atomic E-state index is 12.1. The van der Waals surface area contributed by atoms with E-state index in [-0.39, 0.29) is 17.0 Å². The number of carbonyl (C=O) groups is 1. The zero-order valence-corrected chi connectivity index (χ0v) is 19.4. The summed E-state index contributed by atoms with van der Waals surface area (Å²) in [7, 11) is 2.85. The highest BCUT2D eigenvalue weighted by molar-refractivity contribution is 5.68. The topological polar surface area (TPSA) is 99.9 Å². The molecule has 8 nitrogen and oxygen atoms in total. The average Bonchev–Trinajstić information content (AvgIpc) is 2.76. The van der Waals surface area contributed by atoms with E-state index in [2.05, 4.69) is 12.2 Å². The van der Waals surface area contributed by atoms with Gasteiger partial charge in [0.15, 0.2) is 11.5 Å². The molecule has 0 heterocycles. The Kier molecular flexibility index (Phi) is 13.1. The molecule has 176 valence electrons. The second kappa shape index (κ2) is 15.3. The van der Waals surface area contributed by atoms with Crippen molar-refractivity contribution in [2.45, 2.75) is 84.2 Å². The summed E-state index contributed by atoms with van der Waals surface area (Å²) >= 11 is 0. The van der Waals surface area contributed by atoms with Crippen molar-refractivity contribution in [3.63, 3.8) is 0 Å². The molecule has 0 aliphatic rings. The Hall–Kier alpha value is -2.51. The van der Waals surface area contributed by atoms with Crippen molar-refractivity contribution in [1.29, 1.82) is 0 Å². The lowest BCUT2D eigenvalue weighted by Gasteiger charge is -2.16. The normalized spacial score (nSPS) is 11.6. The van der Waals surface area contributed by atoms with E-state index in [0.717, 1.165) is 12.8 Å². The number of nitro benzene ring substituents is 1. The predicted molar refractivity (Wildman–Crippen MR) is 121 cm³/mol. The van der Waals surface area contributed by atoms with E-state index < -0.39 is 17.1 Å². The van der Waals surface area contributed by atoms with Gasteiger partial charge >= 0.3 is 6.09 Å². The number of hydrogen-bond donors (Lipinski definition) is 1. The van der Waals surface area contributed by atoms with Gasteiger partial charge in [-0.1, -0.05) is 64.7 Å². The number of benzene rings is 1. The molecule has 0 radical (unpaired) electrons. The summed E-state index contributed by atoms with van der Waals surface area (Å²) in [5.74, 6) is 0.583. The van der Waals surface area contributed by atoms with Crippen molar-refractivity contribution in [2.24, 2.45) is 0 Å². The molecule has 1 amide bonds. The number of ether oxygens (including phenoxy) is 3. The van der Waals surface area contributed by atoms with Crippen LogP contribution in [0.15, 0.2) is 12.1 Å². The molecule has 1 atom stereocenters. The van der Waals surface area contributed by atoms with Gasteiger partial charge in [0.05, 0.1) is 30.8 Å². The fourth-order valence-corrected chi connectivity index (χ4v) is 3.44. The van der Waals surface area contributed by atoms with Crippen LogP contribution in [0, 0.1) is 10.1 Å². The molecule has 0 bridgehead atoms. The molecule has 1 unspecified atom stereocenters. The quantitative estimate of drug-likeness (QED) is 0.184. The minimum atomic E-state index is -0.812. The van der Waals surface area contributed by atoms with Crippen molar-refractivity contribution in [3.8, 4) is 11.5 Å². The lowest BCUT2D eigenvalue weighted by Crippen LogP contribution is -2.26. The summed E-state index contributed by atoms with van der Waals surface area (Å²) < 4.78 is 15.7. The molecule has 1 rings (SSSR count). The van der Waals surface area contributed by atoms with E-state index in [1.807, 2.05) is 0 Å². The molecule has 1 aromatic rings. The third kappa shape index (κ3) is 9.89. The number of nitro groups is 1. The Morgan fingerprint density at radius 3 is 2.00 bits per heavy atom. The fourth-order valence-electron chi connectivity index (χ4n) is 3.44. The van der Waals surface area contributed by atoms with Crippen LogP contribution in [0.5, 0.6) is 11.5 Å². The van der Waals surface area contributed by atoms with E-state index in [0.29, 0.717) is 12.3 Å². The lowest BCUT2D eigenvalue weighted by molar-refractivity contribution is -0.386. The molecule has 1 aromatic carbocycles. The van der Waals surface area contributed by atoms with Crippen LogP contribution in [0.2, 0.25) is 0 Å². The van der Waals surface area contributed by atoms with Crippen LogP contribution in [0.25, 0.3) is 0 Å². The molecule has 0 aliphatic carbocycles. The Balaban J connectivity index is 2.37. The number of nitrogens with one attached hydrogen (secondary N) is 1. The Bertz CT molecular complexity index is 680. The number of hydrogen-bond acceptors (Lipinski definition) is 6. The fraction of sp³-hybridized carbons (Fsp3) is 0.696. The number of rotatable bonds is 16. The summed E-state index contributed by atoms with van der Waals surface area (Å²) in [6.07, 6.45) is 10.8. The highest BCUT2D eigenvalue weighted by atomic mass is 16.6. The van der Waals surface area contributed by atoms with Crippen LogP contribution in [0.3, 0.4) is 0 Å². The number of alkyl carbamates (subject to hydrolysis) is 1. The van der Waals surface area contributed by atoms with Crippen LogP contribution >= 0.6 is 0 Å². The van der Waals surface area contributed by atoms with E-state index >= 15 is 0 Å². The van der Waals surface area contributed by atoms with Gasteiger partial charge in [-0.15, -0.1) is 0 Å². The molecular weight excluding hydrogens is 400 g/mol. The van der Waals surface area contributed by atoms with Gasteiger partial charge in [0.2, 0.25) is 0 Å². The van der Waals surface area contributed by atoms with Gasteiger partial charge in [0, 0.05) is 6.54 Å². The first-order valence-electron chi connectivity index (χ1n) is 11.3. The number of amides is 1. The molecule has 31 heavy (non-hydrogen) atoms. The zero-order chi connectivity index (χ0) is 23.1. The number of carbonyl (C=O) groups excluding carboxylic acids is 1. The van der Waals surface area contributed by atoms with Gasteiger partial charge in [-0.3, -0.25) is 10.1 Å². The monoisotopic (exact) mass is 438 g/mol. The number of nitrogens with zero attached hydrogens (tertiary/aromatic N) is 1. The Morgan fingerprint density at radius 2 is 1.48 bits per heavy atom. The molecule has 0 saturated heterocycles. The minimum absolute atomic E-state index is 0.187. The van der Waals surface area contributed by atoms with Gasteiger partial charge in [-0.2, -0.15) is 0 Å². The van der Waals surface area contributed by atoms with Gasteiger partial charge in [-0.05, 0) is 19.4 Å². The van der Waals surface area contributed by atoms with Crippen LogP contribution in [-0.4, -0.2) is 31.8 Å². The third-order valence-electron chi connectivity index (χ3n) is 5.25. The van der Waals surface area contributed by atoms with E-state index in [4.69, 9.17) is 14.2 Å². The second-order valence-electron chi connectivity index (χ2n) is 7.68. The highest BCUT2D eigenvalue weighted by Crippen LogP contribution is 2.38. The first kappa shape index (κ1) is 26.5. The Labute approximate surface area is 185 Å². The van der Waals surface area contributed by atoms with Crippen LogP contribution in [0.1, 0.15) is 89.7 Å². The summed E-state index contributed by atoms with van der Waals surface area (Å²) in [4.78, 5) is 23.0. The first-order valence-corrected chi connectivity index (χ1v) is 11.3. The summed E-state index contributed by atoms with van der Waals surface area (Å²) in [6, 6.07) is 2.74. The van der Waals surface area contributed by atoms with Crippen LogP contribution in [-0.2, 0) is 4.74 Å². The smallest absolute Gasteiger partial charge is 0.407 e. The molecular formula is C23H38N2O6. The maximum Gasteiger partial charge on any atom is 0.407 e. The first-order chi connectivity index (χ1) is 14.9. The molecule has 1 N–H and O–H groups in total. The van der Waals surface area contributed by atoms with Gasteiger partial charge in [0.1, 0.15) is 6.10 Å². The summed E-state index contributed by atoms with van der Waals surface area (Å²) in [6.45, 7) is 4.34. The van der Waals surface area contributed by atoms with Crippen molar-refractivity contribution in [3.05, 3.63) is 27.8 Å². The molecule has 0 aromatic heterocycles. The highest BCUT2D eigenvalue weighted by Gasteiger charge is 2.25. The number of unbranched alkanes of at least 4 members (excludes halogenated alkanes) is 9. The summed E-state index contributed by atoms with van der Waals surface area (Å²) in [5.41, 5.74) is 0.0596. The lowest BCUT2D eigenvalue weighted by atomic mass is 10.1. The molecule has 0 aliphatic heterocycles. The van der Waals surface area contributed by atoms with E-state index in [1.54, 1.807) is 6.92 Å². The van der Waals surface area contributed by atoms with E-state index in [1.165, 1.54) is 77.7 Å². The van der Waals surface area contributed by atoms with Crippen molar-refractivity contribution >= 4 is 11.8 Å². The maximum atomic E-state index is 12.1. The molecule has 0 spiro atoms. The van der Waals surface area contributed by atoms with Crippen LogP contribution < -0.4 is 14.8 Å². The number of methoxy groups -OCH3 is 2. The van der Waals surface area contributed by atoms with Crippen molar-refractivity contribution in [1.82, 2.24) is 5.32 Å². The van der Waals surface area contributed by atoms with E-state index in [9.17, 15) is 14.9 Å². The van der Waals surface area contributed by atoms with Crippen LogP contribution in [0.4, 0.5) is 10.5 Å². The zero-order valence-electron chi connectivity index (χ0n) is 19.4. The molecule has 0 saturated carbocycles. The van der Waals surface area contributed by atoms with Gasteiger partial charge in [-0.25, -0.2) is 4.79 Å². The SMILES string of the molecule is CCCCCCCCCCCCNC(=O)OC(C)c1cc(OC)c(OC)cc1[N+](=O)[O-]. The largest absolute Gasteiger partial charge is 0.493 e. The van der Waals surface area contributed by atoms with Gasteiger partial charge in [0.25, 0.3) is 5.69 Å². The average molecular weight is 439 g/mol. The van der Waals surface area contributed by atoms with Gasteiger partial charge < -0.3 is 19.5 Å². The summed E-state index contributed by atoms with van der Waals surface area (Å²) in [5, 5.41) is 14.1. The molecule has 0 fully saturated rings. The minimum Gasteiger partial charge on any atom is -0.493 e. The Morgan fingerprint density at radius 1 is 0.968 bits per heavy atom. The standard InChI is InChI=1S/C23H38N2O6/c1-5-6-7-8-9-10-11-12-13-14-15-24-23(26)31-18(2)19-16-21(29-3)22(30-4)17-20(19)25(27)28/h16-18H,5-15H2,1-4H3,(H,24,26). The van der Waals surface area contributed by atoms with Crippen molar-refractivity contribution < 1.29 is 23.9 Å². The molecule has 8 heteroatoms. The predicted octanol–water partition coefficient (Wildman–Crippen LogP) is 6.32.